The van der Waals surface area contributed by atoms with Gasteiger partial charge in [-0.25, -0.2) is 0 Å². The Morgan fingerprint density at radius 1 is 1.36 bits per heavy atom. The fraction of sp³-hybridized carbons (Fsp3) is 0.545. The molecule has 0 unspecified atom stereocenters. The van der Waals surface area contributed by atoms with Crippen molar-refractivity contribution in [3.8, 4) is 0 Å². The molecule has 74 valence electrons. The monoisotopic (exact) mass is 190 g/mol. The Labute approximate surface area is 82.5 Å². The highest BCUT2D eigenvalue weighted by Gasteiger charge is 2.29. The number of hydrogen-bond acceptors (Lipinski definition) is 2. The Hall–Kier alpha value is -1.25. The zero-order valence-electron chi connectivity index (χ0n) is 8.12. The maximum atomic E-state index is 11.8. The maximum absolute atomic E-state index is 11.8. The Kier molecular flexibility index (Phi) is 1.52. The van der Waals surface area contributed by atoms with Gasteiger partial charge in [-0.1, -0.05) is 0 Å². The smallest absolute Gasteiger partial charge is 0.274 e. The van der Waals surface area contributed by atoms with Crippen LogP contribution in [-0.4, -0.2) is 4.57 Å². The molecule has 0 bridgehead atoms. The van der Waals surface area contributed by atoms with Crippen molar-refractivity contribution < 1.29 is 0 Å². The first-order chi connectivity index (χ1) is 6.77. The molecule has 1 heterocycles. The van der Waals surface area contributed by atoms with E-state index in [-0.39, 0.29) is 5.56 Å². The molecule has 3 nitrogen and oxygen atoms in total. The lowest BCUT2D eigenvalue weighted by Crippen LogP contribution is -2.25. The zero-order chi connectivity index (χ0) is 9.71. The molecule has 3 rings (SSSR count). The van der Waals surface area contributed by atoms with Crippen LogP contribution < -0.4 is 11.3 Å². The quantitative estimate of drug-likeness (QED) is 0.724. The van der Waals surface area contributed by atoms with E-state index in [1.54, 1.807) is 0 Å². The predicted octanol–water partition coefficient (Wildman–Crippen LogP) is 1.25. The average Bonchev–Trinajstić information content (AvgIpc) is 2.88. The molecule has 0 aromatic carbocycles. The normalized spacial score (nSPS) is 19.7. The number of pyridine rings is 1. The molecule has 0 aliphatic heterocycles. The first-order valence-corrected chi connectivity index (χ1v) is 5.30. The van der Waals surface area contributed by atoms with Gasteiger partial charge < -0.3 is 10.3 Å². The Balaban J connectivity index is 2.28. The summed E-state index contributed by atoms with van der Waals surface area (Å²) in [6.07, 6.45) is 5.62. The van der Waals surface area contributed by atoms with E-state index in [4.69, 9.17) is 5.73 Å². The van der Waals surface area contributed by atoms with Crippen LogP contribution in [0.2, 0.25) is 0 Å². The van der Waals surface area contributed by atoms with Crippen molar-refractivity contribution in [1.82, 2.24) is 4.57 Å². The molecule has 0 radical (unpaired) electrons. The minimum absolute atomic E-state index is 0.0353. The SMILES string of the molecule is Nc1cc2c(n(C3CC3)c1=O)CCC2. The summed E-state index contributed by atoms with van der Waals surface area (Å²) in [4.78, 5) is 11.8. The number of aromatic nitrogens is 1. The summed E-state index contributed by atoms with van der Waals surface area (Å²) in [5.41, 5.74) is 8.75. The van der Waals surface area contributed by atoms with Crippen molar-refractivity contribution in [2.75, 3.05) is 5.73 Å². The summed E-state index contributed by atoms with van der Waals surface area (Å²) in [6, 6.07) is 2.33. The summed E-state index contributed by atoms with van der Waals surface area (Å²) in [5, 5.41) is 0. The van der Waals surface area contributed by atoms with E-state index in [9.17, 15) is 4.79 Å². The van der Waals surface area contributed by atoms with Crippen LogP contribution in [0.25, 0.3) is 0 Å². The summed E-state index contributed by atoms with van der Waals surface area (Å²) < 4.78 is 1.96. The second-order valence-electron chi connectivity index (χ2n) is 4.33. The molecule has 1 aromatic rings. The van der Waals surface area contributed by atoms with Crippen molar-refractivity contribution in [3.63, 3.8) is 0 Å². The van der Waals surface area contributed by atoms with Gasteiger partial charge in [0, 0.05) is 11.7 Å². The summed E-state index contributed by atoms with van der Waals surface area (Å²) in [7, 11) is 0. The molecule has 0 saturated heterocycles. The second kappa shape index (κ2) is 2.62. The molecule has 0 spiro atoms. The van der Waals surface area contributed by atoms with Crippen molar-refractivity contribution >= 4 is 5.69 Å². The van der Waals surface area contributed by atoms with Crippen LogP contribution in [0.4, 0.5) is 5.69 Å². The standard InChI is InChI=1S/C11H14N2O/c12-9-6-7-2-1-3-10(7)13(11(9)14)8-4-5-8/h6,8H,1-5,12H2. The molecule has 2 aliphatic carbocycles. The lowest BCUT2D eigenvalue weighted by molar-refractivity contribution is 0.666. The molecule has 0 atom stereocenters. The summed E-state index contributed by atoms with van der Waals surface area (Å²) in [5.74, 6) is 0. The first-order valence-electron chi connectivity index (χ1n) is 5.30. The second-order valence-corrected chi connectivity index (χ2v) is 4.33. The fourth-order valence-electron chi connectivity index (χ4n) is 2.41. The average molecular weight is 190 g/mol. The van der Waals surface area contributed by atoms with Crippen molar-refractivity contribution in [2.45, 2.75) is 38.1 Å². The first kappa shape index (κ1) is 8.09. The number of fused-ring (bicyclic) bond motifs is 1. The molecule has 3 heteroatoms. The third kappa shape index (κ3) is 1.01. The zero-order valence-corrected chi connectivity index (χ0v) is 8.12. The van der Waals surface area contributed by atoms with E-state index in [1.165, 1.54) is 17.7 Å². The molecular weight excluding hydrogens is 176 g/mol. The van der Waals surface area contributed by atoms with E-state index in [0.29, 0.717) is 11.7 Å². The lowest BCUT2D eigenvalue weighted by Gasteiger charge is -2.11. The predicted molar refractivity (Wildman–Crippen MR) is 55.4 cm³/mol. The van der Waals surface area contributed by atoms with Gasteiger partial charge in [0.05, 0.1) is 5.69 Å². The highest BCUT2D eigenvalue weighted by molar-refractivity contribution is 5.43. The summed E-state index contributed by atoms with van der Waals surface area (Å²) >= 11 is 0. The Bertz CT molecular complexity index is 443. The number of rotatable bonds is 1. The van der Waals surface area contributed by atoms with Gasteiger partial charge >= 0.3 is 0 Å². The van der Waals surface area contributed by atoms with Gasteiger partial charge in [-0.3, -0.25) is 4.79 Å². The molecule has 1 fully saturated rings. The van der Waals surface area contributed by atoms with Crippen LogP contribution in [0.3, 0.4) is 0 Å². The van der Waals surface area contributed by atoms with Gasteiger partial charge in [0.1, 0.15) is 0 Å². The third-order valence-corrected chi connectivity index (χ3v) is 3.23. The number of anilines is 1. The van der Waals surface area contributed by atoms with E-state index in [1.807, 2.05) is 10.6 Å². The molecule has 2 N–H and O–H groups in total. The number of aryl methyl sites for hydroxylation is 1. The van der Waals surface area contributed by atoms with Gasteiger partial charge in [-0.15, -0.1) is 0 Å². The molecule has 2 aliphatic rings. The van der Waals surface area contributed by atoms with E-state index < -0.39 is 0 Å². The highest BCUT2D eigenvalue weighted by atomic mass is 16.1. The lowest BCUT2D eigenvalue weighted by atomic mass is 10.2. The van der Waals surface area contributed by atoms with Gasteiger partial charge in [-0.05, 0) is 43.7 Å². The fourth-order valence-corrected chi connectivity index (χ4v) is 2.41. The Morgan fingerprint density at radius 2 is 2.14 bits per heavy atom. The van der Waals surface area contributed by atoms with Crippen LogP contribution in [0.5, 0.6) is 0 Å². The number of nitrogens with two attached hydrogens (primary N) is 1. The van der Waals surface area contributed by atoms with E-state index in [2.05, 4.69) is 0 Å². The topological polar surface area (TPSA) is 48.0 Å². The van der Waals surface area contributed by atoms with Crippen molar-refractivity contribution in [1.29, 1.82) is 0 Å². The van der Waals surface area contributed by atoms with Crippen LogP contribution >= 0.6 is 0 Å². The van der Waals surface area contributed by atoms with Gasteiger partial charge in [0.25, 0.3) is 5.56 Å². The van der Waals surface area contributed by atoms with E-state index in [0.717, 1.165) is 25.7 Å². The van der Waals surface area contributed by atoms with Crippen molar-refractivity contribution in [3.05, 3.63) is 27.7 Å². The molecule has 14 heavy (non-hydrogen) atoms. The van der Waals surface area contributed by atoms with Crippen molar-refractivity contribution in [2.24, 2.45) is 0 Å². The highest BCUT2D eigenvalue weighted by Crippen LogP contribution is 2.37. The number of nitrogens with zero attached hydrogens (tertiary/aromatic N) is 1. The number of hydrogen-bond donors (Lipinski definition) is 1. The third-order valence-electron chi connectivity index (χ3n) is 3.23. The van der Waals surface area contributed by atoms with Gasteiger partial charge in [0.2, 0.25) is 0 Å². The van der Waals surface area contributed by atoms with Crippen LogP contribution in [0.1, 0.15) is 36.6 Å². The molecule has 1 saturated carbocycles. The van der Waals surface area contributed by atoms with Gasteiger partial charge in [-0.2, -0.15) is 0 Å². The van der Waals surface area contributed by atoms with E-state index >= 15 is 0 Å². The maximum Gasteiger partial charge on any atom is 0.274 e. The van der Waals surface area contributed by atoms with Crippen LogP contribution in [0.15, 0.2) is 10.9 Å². The molecule has 0 amide bonds. The minimum atomic E-state index is 0.0353. The summed E-state index contributed by atoms with van der Waals surface area (Å²) in [6.45, 7) is 0. The van der Waals surface area contributed by atoms with Gasteiger partial charge in [0.15, 0.2) is 0 Å². The van der Waals surface area contributed by atoms with Crippen LogP contribution in [0, 0.1) is 0 Å². The minimum Gasteiger partial charge on any atom is -0.394 e. The largest absolute Gasteiger partial charge is 0.394 e. The number of nitrogen functional groups attached to an aromatic ring is 1. The Morgan fingerprint density at radius 3 is 2.86 bits per heavy atom. The molecular formula is C11H14N2O. The molecule has 1 aromatic heterocycles. The van der Waals surface area contributed by atoms with Crippen LogP contribution in [-0.2, 0) is 12.8 Å².